The number of nitrogens with zero attached hydrogens (tertiary/aromatic N) is 1. The van der Waals surface area contributed by atoms with E-state index >= 15 is 0 Å². The van der Waals surface area contributed by atoms with Crippen molar-refractivity contribution in [2.75, 3.05) is 11.9 Å². The summed E-state index contributed by atoms with van der Waals surface area (Å²) in [6.45, 7) is 0.921. The summed E-state index contributed by atoms with van der Waals surface area (Å²) in [5.74, 6) is 0. The fourth-order valence-corrected chi connectivity index (χ4v) is 2.20. The Kier molecular flexibility index (Phi) is 3.41. The van der Waals surface area contributed by atoms with Gasteiger partial charge in [0.2, 0.25) is 0 Å². The SMILES string of the molecule is c1cncc(CCNc2ccc3ccccc3c2)c1. The monoisotopic (exact) mass is 248 g/mol. The van der Waals surface area contributed by atoms with Gasteiger partial charge in [0.05, 0.1) is 0 Å². The number of benzene rings is 2. The smallest absolute Gasteiger partial charge is 0.0346 e. The minimum atomic E-state index is 0.921. The van der Waals surface area contributed by atoms with Gasteiger partial charge in [0, 0.05) is 24.6 Å². The van der Waals surface area contributed by atoms with Crippen molar-refractivity contribution in [3.63, 3.8) is 0 Å². The molecule has 0 atom stereocenters. The third-order valence-electron chi connectivity index (χ3n) is 3.22. The number of anilines is 1. The predicted octanol–water partition coefficient (Wildman–Crippen LogP) is 3.89. The van der Waals surface area contributed by atoms with E-state index in [1.165, 1.54) is 22.0 Å². The van der Waals surface area contributed by atoms with E-state index in [-0.39, 0.29) is 0 Å². The predicted molar refractivity (Wildman–Crippen MR) is 80.4 cm³/mol. The van der Waals surface area contributed by atoms with E-state index in [1.54, 1.807) is 6.20 Å². The summed E-state index contributed by atoms with van der Waals surface area (Å²) in [4.78, 5) is 4.12. The normalized spacial score (nSPS) is 10.5. The van der Waals surface area contributed by atoms with Crippen molar-refractivity contribution < 1.29 is 0 Å². The average Bonchev–Trinajstić information content (AvgIpc) is 2.48. The van der Waals surface area contributed by atoms with E-state index in [0.29, 0.717) is 0 Å². The molecule has 3 aromatic rings. The number of hydrogen-bond acceptors (Lipinski definition) is 2. The lowest BCUT2D eigenvalue weighted by Crippen LogP contribution is -2.04. The number of pyridine rings is 1. The van der Waals surface area contributed by atoms with Crippen LogP contribution in [0.25, 0.3) is 10.8 Å². The number of aromatic nitrogens is 1. The molecule has 0 saturated carbocycles. The van der Waals surface area contributed by atoms with Crippen LogP contribution in [0.15, 0.2) is 67.0 Å². The van der Waals surface area contributed by atoms with Crippen LogP contribution in [-0.2, 0) is 6.42 Å². The Labute approximate surface area is 113 Å². The lowest BCUT2D eigenvalue weighted by atomic mass is 10.1. The van der Waals surface area contributed by atoms with Crippen LogP contribution in [0, 0.1) is 0 Å². The van der Waals surface area contributed by atoms with E-state index in [2.05, 4.69) is 58.8 Å². The fraction of sp³-hybridized carbons (Fsp3) is 0.118. The lowest BCUT2D eigenvalue weighted by molar-refractivity contribution is 1.01. The number of rotatable bonds is 4. The first-order chi connectivity index (χ1) is 9.42. The Hall–Kier alpha value is -2.35. The molecule has 0 spiro atoms. The highest BCUT2D eigenvalue weighted by molar-refractivity contribution is 5.85. The highest BCUT2D eigenvalue weighted by Gasteiger charge is 1.96. The Morgan fingerprint density at radius 3 is 2.63 bits per heavy atom. The second-order valence-electron chi connectivity index (χ2n) is 4.60. The van der Waals surface area contributed by atoms with Gasteiger partial charge in [0.15, 0.2) is 0 Å². The highest BCUT2D eigenvalue weighted by Crippen LogP contribution is 2.18. The minimum Gasteiger partial charge on any atom is -0.385 e. The topological polar surface area (TPSA) is 24.9 Å². The molecule has 2 aromatic carbocycles. The zero-order chi connectivity index (χ0) is 12.9. The van der Waals surface area contributed by atoms with Crippen LogP contribution in [0.4, 0.5) is 5.69 Å². The summed E-state index contributed by atoms with van der Waals surface area (Å²) >= 11 is 0. The molecule has 1 N–H and O–H groups in total. The van der Waals surface area contributed by atoms with Gasteiger partial charge in [-0.3, -0.25) is 4.98 Å². The van der Waals surface area contributed by atoms with Gasteiger partial charge in [-0.2, -0.15) is 0 Å². The molecule has 0 amide bonds. The molecular formula is C17H16N2. The maximum Gasteiger partial charge on any atom is 0.0346 e. The van der Waals surface area contributed by atoms with Crippen molar-refractivity contribution in [2.24, 2.45) is 0 Å². The van der Waals surface area contributed by atoms with Gasteiger partial charge in [-0.25, -0.2) is 0 Å². The number of hydrogen-bond donors (Lipinski definition) is 1. The van der Waals surface area contributed by atoms with Gasteiger partial charge >= 0.3 is 0 Å². The van der Waals surface area contributed by atoms with Gasteiger partial charge in [-0.05, 0) is 41.0 Å². The van der Waals surface area contributed by atoms with Gasteiger partial charge < -0.3 is 5.32 Å². The molecule has 19 heavy (non-hydrogen) atoms. The lowest BCUT2D eigenvalue weighted by Gasteiger charge is -2.07. The molecule has 0 unspecified atom stereocenters. The van der Waals surface area contributed by atoms with Crippen LogP contribution in [0.3, 0.4) is 0 Å². The van der Waals surface area contributed by atoms with Crippen LogP contribution >= 0.6 is 0 Å². The first-order valence-electron chi connectivity index (χ1n) is 6.53. The van der Waals surface area contributed by atoms with Crippen LogP contribution < -0.4 is 5.32 Å². The molecule has 0 aliphatic heterocycles. The van der Waals surface area contributed by atoms with Crippen LogP contribution in [0.1, 0.15) is 5.56 Å². The molecule has 3 rings (SSSR count). The van der Waals surface area contributed by atoms with Crippen molar-refractivity contribution in [2.45, 2.75) is 6.42 Å². The van der Waals surface area contributed by atoms with Crippen molar-refractivity contribution in [3.05, 3.63) is 72.6 Å². The van der Waals surface area contributed by atoms with E-state index < -0.39 is 0 Å². The summed E-state index contributed by atoms with van der Waals surface area (Å²) in [6.07, 6.45) is 4.71. The first kappa shape index (κ1) is 11.7. The van der Waals surface area contributed by atoms with Crippen molar-refractivity contribution in [1.82, 2.24) is 4.98 Å². The van der Waals surface area contributed by atoms with E-state index in [0.717, 1.165) is 13.0 Å². The number of nitrogens with one attached hydrogen (secondary N) is 1. The Balaban J connectivity index is 1.65. The maximum atomic E-state index is 4.12. The molecule has 0 fully saturated rings. The van der Waals surface area contributed by atoms with Crippen molar-refractivity contribution in [1.29, 1.82) is 0 Å². The third-order valence-corrected chi connectivity index (χ3v) is 3.22. The minimum absolute atomic E-state index is 0.921. The van der Waals surface area contributed by atoms with Gasteiger partial charge in [-0.15, -0.1) is 0 Å². The molecule has 2 nitrogen and oxygen atoms in total. The van der Waals surface area contributed by atoms with Crippen LogP contribution in [0.2, 0.25) is 0 Å². The summed E-state index contributed by atoms with van der Waals surface area (Å²) in [6, 6.07) is 19.0. The molecule has 1 aromatic heterocycles. The van der Waals surface area contributed by atoms with Gasteiger partial charge in [0.25, 0.3) is 0 Å². The zero-order valence-electron chi connectivity index (χ0n) is 10.7. The third kappa shape index (κ3) is 2.91. The van der Waals surface area contributed by atoms with Gasteiger partial charge in [0.1, 0.15) is 0 Å². The average molecular weight is 248 g/mol. The molecular weight excluding hydrogens is 232 g/mol. The Bertz CT molecular complexity index is 662. The second kappa shape index (κ2) is 5.53. The maximum absolute atomic E-state index is 4.12. The Morgan fingerprint density at radius 2 is 1.79 bits per heavy atom. The summed E-state index contributed by atoms with van der Waals surface area (Å²) in [5, 5.41) is 6.01. The zero-order valence-corrected chi connectivity index (χ0v) is 10.7. The molecule has 0 saturated heterocycles. The summed E-state index contributed by atoms with van der Waals surface area (Å²) in [7, 11) is 0. The Morgan fingerprint density at radius 1 is 0.895 bits per heavy atom. The van der Waals surface area contributed by atoms with E-state index in [4.69, 9.17) is 0 Å². The number of fused-ring (bicyclic) bond motifs is 1. The summed E-state index contributed by atoms with van der Waals surface area (Å²) in [5.41, 5.74) is 2.43. The molecule has 0 aliphatic rings. The molecule has 94 valence electrons. The first-order valence-corrected chi connectivity index (χ1v) is 6.53. The highest BCUT2D eigenvalue weighted by atomic mass is 14.9. The molecule has 0 radical (unpaired) electrons. The van der Waals surface area contributed by atoms with Crippen molar-refractivity contribution >= 4 is 16.5 Å². The van der Waals surface area contributed by atoms with Crippen molar-refractivity contribution in [3.8, 4) is 0 Å². The fourth-order valence-electron chi connectivity index (χ4n) is 2.20. The van der Waals surface area contributed by atoms with E-state index in [1.807, 2.05) is 12.3 Å². The quantitative estimate of drug-likeness (QED) is 0.757. The second-order valence-corrected chi connectivity index (χ2v) is 4.60. The van der Waals surface area contributed by atoms with Crippen LogP contribution in [-0.4, -0.2) is 11.5 Å². The molecule has 0 bridgehead atoms. The largest absolute Gasteiger partial charge is 0.385 e. The standard InChI is InChI=1S/C17H16N2/c1-2-6-16-12-17(8-7-15(16)5-1)19-11-9-14-4-3-10-18-13-14/h1-8,10,12-13,19H,9,11H2. The summed E-state index contributed by atoms with van der Waals surface area (Å²) < 4.78 is 0. The molecule has 1 heterocycles. The van der Waals surface area contributed by atoms with E-state index in [9.17, 15) is 0 Å². The molecule has 2 heteroatoms. The molecule has 0 aliphatic carbocycles. The van der Waals surface area contributed by atoms with Gasteiger partial charge in [-0.1, -0.05) is 36.4 Å². The van der Waals surface area contributed by atoms with Crippen LogP contribution in [0.5, 0.6) is 0 Å².